The quantitative estimate of drug-likeness (QED) is 0.245. The minimum Gasteiger partial charge on any atom is -0.356 e. The Labute approximate surface area is 160 Å². The van der Waals surface area contributed by atoms with Crippen molar-refractivity contribution in [2.45, 2.75) is 33.6 Å². The van der Waals surface area contributed by atoms with Crippen LogP contribution >= 0.6 is 35.3 Å². The van der Waals surface area contributed by atoms with Crippen LogP contribution in [0.15, 0.2) is 10.5 Å². The van der Waals surface area contributed by atoms with Gasteiger partial charge in [0.05, 0.1) is 11.2 Å². The highest BCUT2D eigenvalue weighted by Crippen LogP contribution is 2.11. The highest BCUT2D eigenvalue weighted by Gasteiger charge is 2.10. The minimum atomic E-state index is -0.0678. The Morgan fingerprint density at radius 1 is 1.26 bits per heavy atom. The van der Waals surface area contributed by atoms with Crippen LogP contribution in [0.25, 0.3) is 0 Å². The van der Waals surface area contributed by atoms with E-state index < -0.39 is 0 Å². The third-order valence-electron chi connectivity index (χ3n) is 3.59. The Bertz CT molecular complexity index is 488. The van der Waals surface area contributed by atoms with Crippen LogP contribution in [0.3, 0.4) is 0 Å². The maximum Gasteiger partial charge on any atom is 0.263 e. The lowest BCUT2D eigenvalue weighted by Crippen LogP contribution is -2.43. The van der Waals surface area contributed by atoms with Gasteiger partial charge in [-0.2, -0.15) is 0 Å². The van der Waals surface area contributed by atoms with E-state index in [4.69, 9.17) is 0 Å². The van der Waals surface area contributed by atoms with E-state index in [9.17, 15) is 4.79 Å². The smallest absolute Gasteiger partial charge is 0.263 e. The van der Waals surface area contributed by atoms with E-state index in [0.29, 0.717) is 23.9 Å². The van der Waals surface area contributed by atoms with Crippen molar-refractivity contribution in [2.75, 3.05) is 26.7 Å². The maximum atomic E-state index is 11.9. The molecule has 3 N–H and O–H groups in total. The average Bonchev–Trinajstić information content (AvgIpc) is 2.96. The van der Waals surface area contributed by atoms with Gasteiger partial charge in [-0.1, -0.05) is 26.7 Å². The van der Waals surface area contributed by atoms with Gasteiger partial charge < -0.3 is 16.0 Å². The van der Waals surface area contributed by atoms with Gasteiger partial charge in [-0.3, -0.25) is 9.79 Å². The first-order chi connectivity index (χ1) is 10.6. The van der Waals surface area contributed by atoms with Crippen molar-refractivity contribution in [3.05, 3.63) is 16.1 Å². The first-order valence-corrected chi connectivity index (χ1v) is 8.63. The molecule has 0 saturated carbocycles. The minimum absolute atomic E-state index is 0. The standard InChI is InChI=1S/C15H27N5OS.HI/c1-5-12(6-2)9-19-15(16-4)18-8-7-17-14(21)13-11(3)20-10-22-13;/h10,12H,5-9H2,1-4H3,(H,17,21)(H2,16,18,19);1H. The number of guanidine groups is 1. The van der Waals surface area contributed by atoms with Crippen molar-refractivity contribution in [2.24, 2.45) is 10.9 Å². The molecule has 0 aliphatic rings. The molecule has 0 aliphatic carbocycles. The van der Waals surface area contributed by atoms with Crippen LogP contribution in [-0.2, 0) is 0 Å². The molecule has 23 heavy (non-hydrogen) atoms. The van der Waals surface area contributed by atoms with Crippen LogP contribution in [-0.4, -0.2) is 43.5 Å². The fourth-order valence-electron chi connectivity index (χ4n) is 2.00. The summed E-state index contributed by atoms with van der Waals surface area (Å²) >= 11 is 1.36. The summed E-state index contributed by atoms with van der Waals surface area (Å²) in [6, 6.07) is 0. The molecule has 0 aliphatic heterocycles. The first-order valence-electron chi connectivity index (χ1n) is 7.75. The molecule has 1 aromatic rings. The van der Waals surface area contributed by atoms with E-state index in [1.165, 1.54) is 11.3 Å². The van der Waals surface area contributed by atoms with Gasteiger partial charge in [-0.05, 0) is 12.8 Å². The van der Waals surface area contributed by atoms with Crippen LogP contribution in [0.2, 0.25) is 0 Å². The molecule has 1 aromatic heterocycles. The van der Waals surface area contributed by atoms with Crippen molar-refractivity contribution < 1.29 is 4.79 Å². The molecule has 0 saturated heterocycles. The molecular formula is C15H28IN5OS. The number of thiazole rings is 1. The van der Waals surface area contributed by atoms with Gasteiger partial charge in [0.1, 0.15) is 4.88 Å². The molecule has 0 atom stereocenters. The summed E-state index contributed by atoms with van der Waals surface area (Å²) in [5.41, 5.74) is 2.46. The fraction of sp³-hybridized carbons (Fsp3) is 0.667. The maximum absolute atomic E-state index is 11.9. The second kappa shape index (κ2) is 12.5. The zero-order valence-corrected chi connectivity index (χ0v) is 17.5. The van der Waals surface area contributed by atoms with Crippen molar-refractivity contribution >= 4 is 47.2 Å². The number of nitrogens with one attached hydrogen (secondary N) is 3. The number of amides is 1. The van der Waals surface area contributed by atoms with Crippen molar-refractivity contribution in [3.8, 4) is 0 Å². The Kier molecular flexibility index (Phi) is 12.0. The molecule has 0 fully saturated rings. The third-order valence-corrected chi connectivity index (χ3v) is 4.52. The Hall–Kier alpha value is -0.900. The predicted molar refractivity (Wildman–Crippen MR) is 108 cm³/mol. The Balaban J connectivity index is 0.00000484. The van der Waals surface area contributed by atoms with Crippen LogP contribution in [0.1, 0.15) is 42.1 Å². The van der Waals surface area contributed by atoms with Gasteiger partial charge in [0.25, 0.3) is 5.91 Å². The van der Waals surface area contributed by atoms with E-state index in [1.54, 1.807) is 12.6 Å². The summed E-state index contributed by atoms with van der Waals surface area (Å²) in [5.74, 6) is 1.37. The monoisotopic (exact) mass is 453 g/mol. The second-order valence-corrected chi connectivity index (χ2v) is 5.94. The zero-order chi connectivity index (χ0) is 16.4. The number of aliphatic imine (C=N–C) groups is 1. The molecule has 8 heteroatoms. The zero-order valence-electron chi connectivity index (χ0n) is 14.3. The summed E-state index contributed by atoms with van der Waals surface area (Å²) in [5, 5.41) is 9.39. The van der Waals surface area contributed by atoms with Crippen molar-refractivity contribution in [1.29, 1.82) is 0 Å². The molecule has 6 nitrogen and oxygen atoms in total. The number of hydrogen-bond donors (Lipinski definition) is 3. The van der Waals surface area contributed by atoms with Gasteiger partial charge in [0, 0.05) is 26.7 Å². The van der Waals surface area contributed by atoms with Crippen molar-refractivity contribution in [1.82, 2.24) is 20.9 Å². The lowest BCUT2D eigenvalue weighted by molar-refractivity contribution is 0.0957. The first kappa shape index (κ1) is 22.1. The highest BCUT2D eigenvalue weighted by atomic mass is 127. The number of nitrogens with zero attached hydrogens (tertiary/aromatic N) is 2. The molecule has 0 spiro atoms. The Morgan fingerprint density at radius 3 is 2.43 bits per heavy atom. The molecule has 0 bridgehead atoms. The number of aryl methyl sites for hydroxylation is 1. The number of halogens is 1. The van der Waals surface area contributed by atoms with Crippen LogP contribution in [0, 0.1) is 12.8 Å². The topological polar surface area (TPSA) is 78.4 Å². The average molecular weight is 453 g/mol. The van der Waals surface area contributed by atoms with Gasteiger partial charge in [0.2, 0.25) is 0 Å². The van der Waals surface area contributed by atoms with Gasteiger partial charge in [-0.25, -0.2) is 4.98 Å². The summed E-state index contributed by atoms with van der Waals surface area (Å²) in [6.45, 7) is 8.33. The molecule has 0 aromatic carbocycles. The van der Waals surface area contributed by atoms with E-state index in [-0.39, 0.29) is 29.9 Å². The van der Waals surface area contributed by atoms with E-state index in [0.717, 1.165) is 31.0 Å². The molecule has 0 radical (unpaired) electrons. The molecule has 0 unspecified atom stereocenters. The summed E-state index contributed by atoms with van der Waals surface area (Å²) in [7, 11) is 1.75. The number of rotatable bonds is 8. The highest BCUT2D eigenvalue weighted by molar-refractivity contribution is 14.0. The number of aromatic nitrogens is 1. The van der Waals surface area contributed by atoms with Gasteiger partial charge >= 0.3 is 0 Å². The Morgan fingerprint density at radius 2 is 1.91 bits per heavy atom. The van der Waals surface area contributed by atoms with E-state index in [1.807, 2.05) is 6.92 Å². The summed E-state index contributed by atoms with van der Waals surface area (Å²) < 4.78 is 0. The van der Waals surface area contributed by atoms with E-state index in [2.05, 4.69) is 39.8 Å². The SMILES string of the molecule is CCC(CC)CNC(=NC)NCCNC(=O)c1scnc1C.I. The molecule has 132 valence electrons. The molecular weight excluding hydrogens is 425 g/mol. The molecule has 1 amide bonds. The summed E-state index contributed by atoms with van der Waals surface area (Å²) in [6.07, 6.45) is 2.31. The lowest BCUT2D eigenvalue weighted by Gasteiger charge is -2.16. The van der Waals surface area contributed by atoms with Crippen LogP contribution in [0.4, 0.5) is 0 Å². The van der Waals surface area contributed by atoms with Crippen LogP contribution < -0.4 is 16.0 Å². The lowest BCUT2D eigenvalue weighted by atomic mass is 10.0. The van der Waals surface area contributed by atoms with Gasteiger partial charge in [0.15, 0.2) is 5.96 Å². The van der Waals surface area contributed by atoms with E-state index >= 15 is 0 Å². The van der Waals surface area contributed by atoms with Gasteiger partial charge in [-0.15, -0.1) is 35.3 Å². The number of hydrogen-bond acceptors (Lipinski definition) is 4. The largest absolute Gasteiger partial charge is 0.356 e. The summed E-state index contributed by atoms with van der Waals surface area (Å²) in [4.78, 5) is 20.9. The predicted octanol–water partition coefficient (Wildman–Crippen LogP) is 2.40. The fourth-order valence-corrected chi connectivity index (χ4v) is 2.71. The second-order valence-electron chi connectivity index (χ2n) is 5.09. The van der Waals surface area contributed by atoms with Crippen LogP contribution in [0.5, 0.6) is 0 Å². The number of carbonyl (C=O) groups excluding carboxylic acids is 1. The normalized spacial score (nSPS) is 11.1. The molecule has 1 rings (SSSR count). The third kappa shape index (κ3) is 7.96. The number of carbonyl (C=O) groups is 1. The molecule has 1 heterocycles. The van der Waals surface area contributed by atoms with Crippen molar-refractivity contribution in [3.63, 3.8) is 0 Å².